The lowest BCUT2D eigenvalue weighted by Gasteiger charge is -2.28. The molecule has 0 N–H and O–H groups in total. The minimum Gasteiger partial charge on any atom is -0.492 e. The van der Waals surface area contributed by atoms with E-state index < -0.39 is 0 Å². The van der Waals surface area contributed by atoms with Crippen LogP contribution in [0.2, 0.25) is 0 Å². The fourth-order valence-electron chi connectivity index (χ4n) is 3.23. The van der Waals surface area contributed by atoms with E-state index in [1.54, 1.807) is 16.8 Å². The number of amides is 1. The maximum Gasteiger partial charge on any atom is 0.254 e. The molecule has 2 aliphatic heterocycles. The number of carbonyl (C=O) groups excluding carboxylic acids is 1. The molecule has 1 aromatic heterocycles. The number of ether oxygens (including phenoxy) is 2. The number of nitrogens with zero attached hydrogens (tertiary/aromatic N) is 4. The predicted octanol–water partition coefficient (Wildman–Crippen LogP) is 3.30. The first kappa shape index (κ1) is 19.0. The van der Waals surface area contributed by atoms with Crippen LogP contribution in [-0.4, -0.2) is 38.4 Å². The molecule has 0 saturated carbocycles. The molecular weight excluding hydrogens is 368 g/mol. The van der Waals surface area contributed by atoms with E-state index >= 15 is 0 Å². The van der Waals surface area contributed by atoms with Crippen LogP contribution in [0.5, 0.6) is 11.5 Å². The average Bonchev–Trinajstić information content (AvgIpc) is 3.18. The highest BCUT2D eigenvalue weighted by atomic mass is 16.5. The van der Waals surface area contributed by atoms with Crippen LogP contribution in [-0.2, 0) is 19.7 Å². The Hall–Kier alpha value is -3.35. The Kier molecular flexibility index (Phi) is 5.46. The van der Waals surface area contributed by atoms with Gasteiger partial charge < -0.3 is 14.4 Å². The van der Waals surface area contributed by atoms with Gasteiger partial charge in [-0.25, -0.2) is 4.68 Å². The van der Waals surface area contributed by atoms with Crippen molar-refractivity contribution in [3.63, 3.8) is 0 Å². The lowest BCUT2D eigenvalue weighted by atomic mass is 10.1. The number of benzene rings is 2. The Morgan fingerprint density at radius 2 is 1.83 bits per heavy atom. The van der Waals surface area contributed by atoms with Crippen molar-refractivity contribution >= 4 is 5.91 Å². The zero-order valence-electron chi connectivity index (χ0n) is 16.6. The zero-order valence-corrected chi connectivity index (χ0v) is 16.6. The monoisotopic (exact) mass is 392 g/mol. The van der Waals surface area contributed by atoms with Crippen LogP contribution in [0.15, 0.2) is 54.7 Å². The van der Waals surface area contributed by atoms with Crippen molar-refractivity contribution in [2.24, 2.45) is 0 Å². The van der Waals surface area contributed by atoms with Gasteiger partial charge in [-0.1, -0.05) is 23.4 Å². The molecule has 150 valence electrons. The Morgan fingerprint density at radius 1 is 1.03 bits per heavy atom. The molecule has 0 fully saturated rings. The number of carbonyl (C=O) groups is 1. The van der Waals surface area contributed by atoms with Gasteiger partial charge in [0.2, 0.25) is 0 Å². The summed E-state index contributed by atoms with van der Waals surface area (Å²) in [5.74, 6) is 1.44. The summed E-state index contributed by atoms with van der Waals surface area (Å²) in [5.41, 5.74) is 2.32. The van der Waals surface area contributed by atoms with Crippen LogP contribution in [0.1, 0.15) is 35.5 Å². The Bertz CT molecular complexity index is 982. The van der Waals surface area contributed by atoms with E-state index in [2.05, 4.69) is 10.3 Å². The lowest BCUT2D eigenvalue weighted by Crippen LogP contribution is -2.36. The van der Waals surface area contributed by atoms with E-state index in [1.165, 1.54) is 0 Å². The molecule has 1 amide bonds. The normalized spacial score (nSPS) is 14.9. The second-order valence-electron chi connectivity index (χ2n) is 7.27. The summed E-state index contributed by atoms with van der Waals surface area (Å²) in [6.07, 6.45) is 1.86. The molecule has 4 bridgehead atoms. The first-order valence-corrected chi connectivity index (χ1v) is 9.73. The van der Waals surface area contributed by atoms with E-state index in [-0.39, 0.29) is 11.9 Å². The maximum absolute atomic E-state index is 13.2. The molecule has 3 heterocycles. The summed E-state index contributed by atoms with van der Waals surface area (Å²) in [7, 11) is 0. The van der Waals surface area contributed by atoms with Crippen molar-refractivity contribution in [2.45, 2.75) is 39.6 Å². The topological polar surface area (TPSA) is 69.5 Å². The second kappa shape index (κ2) is 8.34. The van der Waals surface area contributed by atoms with Gasteiger partial charge in [0.25, 0.3) is 5.91 Å². The summed E-state index contributed by atoms with van der Waals surface area (Å²) in [6, 6.07) is 15.1. The fraction of sp³-hybridized carbons (Fsp3) is 0.318. The third-order valence-corrected chi connectivity index (χ3v) is 4.85. The van der Waals surface area contributed by atoms with E-state index in [0.29, 0.717) is 31.9 Å². The molecule has 0 saturated heterocycles. The van der Waals surface area contributed by atoms with Crippen LogP contribution in [0.25, 0.3) is 0 Å². The van der Waals surface area contributed by atoms with Crippen LogP contribution >= 0.6 is 0 Å². The van der Waals surface area contributed by atoms with Crippen molar-refractivity contribution in [3.8, 4) is 11.5 Å². The van der Waals surface area contributed by atoms with Gasteiger partial charge in [0.1, 0.15) is 30.4 Å². The summed E-state index contributed by atoms with van der Waals surface area (Å²) in [6.45, 7) is 5.82. The summed E-state index contributed by atoms with van der Waals surface area (Å²) in [4.78, 5) is 15.0. The Labute approximate surface area is 169 Å². The number of rotatable bonds is 1. The van der Waals surface area contributed by atoms with E-state index in [1.807, 2.05) is 61.3 Å². The highest BCUT2D eigenvalue weighted by Crippen LogP contribution is 2.24. The van der Waals surface area contributed by atoms with Gasteiger partial charge in [-0.05, 0) is 44.2 Å². The molecule has 7 heteroatoms. The summed E-state index contributed by atoms with van der Waals surface area (Å²) >= 11 is 0. The largest absolute Gasteiger partial charge is 0.492 e. The van der Waals surface area contributed by atoms with E-state index in [0.717, 1.165) is 22.8 Å². The maximum atomic E-state index is 13.2. The summed E-state index contributed by atoms with van der Waals surface area (Å²) in [5, 5.41) is 8.29. The first-order valence-electron chi connectivity index (χ1n) is 9.73. The van der Waals surface area contributed by atoms with Gasteiger partial charge in [-0.3, -0.25) is 4.79 Å². The fourth-order valence-corrected chi connectivity index (χ4v) is 3.23. The van der Waals surface area contributed by atoms with Crippen molar-refractivity contribution in [1.29, 1.82) is 0 Å². The molecule has 0 unspecified atom stereocenters. The molecular formula is C22H24N4O3. The molecule has 5 rings (SSSR count). The third kappa shape index (κ3) is 4.39. The standard InChI is InChI=1S/C22H24N4O3/c1-16(2)26-13-18-5-3-4-6-21(18)29-15-19-14-25(24-23-19)11-12-28-20-9-7-17(8-10-20)22(26)27/h3-10,14,16H,11-13,15H2,1-2H3. The van der Waals surface area contributed by atoms with E-state index in [4.69, 9.17) is 9.47 Å². The Morgan fingerprint density at radius 3 is 2.62 bits per heavy atom. The van der Waals surface area contributed by atoms with Crippen LogP contribution in [0.3, 0.4) is 0 Å². The number of aromatic nitrogens is 3. The number of hydrogen-bond acceptors (Lipinski definition) is 5. The van der Waals surface area contributed by atoms with Crippen molar-refractivity contribution in [1.82, 2.24) is 19.9 Å². The highest BCUT2D eigenvalue weighted by Gasteiger charge is 2.21. The molecule has 0 spiro atoms. The van der Waals surface area contributed by atoms with Crippen molar-refractivity contribution in [2.75, 3.05) is 6.61 Å². The molecule has 29 heavy (non-hydrogen) atoms. The smallest absolute Gasteiger partial charge is 0.254 e. The van der Waals surface area contributed by atoms with Gasteiger partial charge in [-0.2, -0.15) is 0 Å². The van der Waals surface area contributed by atoms with Gasteiger partial charge in [0.15, 0.2) is 0 Å². The first-order chi connectivity index (χ1) is 14.1. The molecule has 3 aromatic rings. The van der Waals surface area contributed by atoms with Crippen molar-refractivity contribution in [3.05, 3.63) is 71.5 Å². The van der Waals surface area contributed by atoms with Crippen LogP contribution in [0, 0.1) is 0 Å². The predicted molar refractivity (Wildman–Crippen MR) is 108 cm³/mol. The highest BCUT2D eigenvalue weighted by molar-refractivity contribution is 5.94. The zero-order chi connectivity index (χ0) is 20.2. The minimum atomic E-state index is -0.0210. The van der Waals surface area contributed by atoms with Crippen LogP contribution < -0.4 is 9.47 Å². The lowest BCUT2D eigenvalue weighted by molar-refractivity contribution is 0.0688. The molecule has 0 aliphatic carbocycles. The number of para-hydroxylation sites is 1. The average molecular weight is 392 g/mol. The van der Waals surface area contributed by atoms with E-state index in [9.17, 15) is 4.79 Å². The second-order valence-corrected chi connectivity index (χ2v) is 7.27. The number of hydrogen-bond donors (Lipinski definition) is 0. The van der Waals surface area contributed by atoms with Gasteiger partial charge in [-0.15, -0.1) is 5.10 Å². The number of fused-ring (bicyclic) bond motifs is 7. The minimum absolute atomic E-state index is 0.0210. The van der Waals surface area contributed by atoms with Crippen LogP contribution in [0.4, 0.5) is 0 Å². The molecule has 0 radical (unpaired) electrons. The molecule has 2 aliphatic rings. The molecule has 7 nitrogen and oxygen atoms in total. The van der Waals surface area contributed by atoms with Crippen molar-refractivity contribution < 1.29 is 14.3 Å². The third-order valence-electron chi connectivity index (χ3n) is 4.85. The SMILES string of the molecule is CC(C)N1Cc2ccccc2OCc2cn(nn2)CCOc2ccc(cc2)C1=O. The van der Waals surface area contributed by atoms with Gasteiger partial charge in [0.05, 0.1) is 12.7 Å². The quantitative estimate of drug-likeness (QED) is 0.636. The molecule has 2 aromatic carbocycles. The van der Waals surface area contributed by atoms with Gasteiger partial charge >= 0.3 is 0 Å². The molecule has 0 atom stereocenters. The van der Waals surface area contributed by atoms with Gasteiger partial charge in [0, 0.05) is 23.7 Å². The summed E-state index contributed by atoms with van der Waals surface area (Å²) < 4.78 is 13.5. The Balaban J connectivity index is 1.69.